The first-order valence-corrected chi connectivity index (χ1v) is 10.0. The monoisotopic (exact) mass is 399 g/mol. The molecule has 1 heterocycles. The normalized spacial score (nSPS) is 20.0. The van der Waals surface area contributed by atoms with Gasteiger partial charge in [0.05, 0.1) is 5.92 Å². The minimum absolute atomic E-state index is 0.121. The van der Waals surface area contributed by atoms with Crippen LogP contribution in [-0.2, 0) is 14.3 Å². The van der Waals surface area contributed by atoms with Crippen LogP contribution in [0.15, 0.2) is 47.7 Å². The van der Waals surface area contributed by atoms with Gasteiger partial charge in [-0.15, -0.1) is 0 Å². The molecule has 1 aliphatic carbocycles. The molecule has 0 spiro atoms. The van der Waals surface area contributed by atoms with E-state index in [1.165, 1.54) is 0 Å². The maximum atomic E-state index is 12.6. The van der Waals surface area contributed by atoms with Crippen LogP contribution in [0.2, 0.25) is 0 Å². The number of carbonyl (C=O) groups is 2. The molecule has 0 bridgehead atoms. The lowest BCUT2D eigenvalue weighted by atomic mass is 9.81. The third kappa shape index (κ3) is 5.00. The molecule has 1 N–H and O–H groups in total. The molecule has 2 aliphatic rings. The van der Waals surface area contributed by atoms with Gasteiger partial charge in [-0.25, -0.2) is 9.59 Å². The summed E-state index contributed by atoms with van der Waals surface area (Å²) in [7, 11) is 0. The minimum atomic E-state index is -0.822. The van der Waals surface area contributed by atoms with Gasteiger partial charge < -0.3 is 19.5 Å². The number of benzene rings is 1. The number of alkyl carbamates (subject to hydrolysis) is 1. The lowest BCUT2D eigenvalue weighted by Crippen LogP contribution is -2.43. The van der Waals surface area contributed by atoms with Gasteiger partial charge in [-0.1, -0.05) is 30.4 Å². The van der Waals surface area contributed by atoms with Crippen molar-refractivity contribution in [1.82, 2.24) is 5.32 Å². The first-order valence-electron chi connectivity index (χ1n) is 10.0. The van der Waals surface area contributed by atoms with E-state index in [1.54, 1.807) is 27.7 Å². The van der Waals surface area contributed by atoms with Gasteiger partial charge in [0.25, 0.3) is 0 Å². The first kappa shape index (κ1) is 21.0. The van der Waals surface area contributed by atoms with Crippen molar-refractivity contribution in [3.8, 4) is 5.75 Å². The Kier molecular flexibility index (Phi) is 6.01. The summed E-state index contributed by atoms with van der Waals surface area (Å²) in [6.07, 6.45) is 4.86. The highest BCUT2D eigenvalue weighted by molar-refractivity contribution is 5.81. The first-order chi connectivity index (χ1) is 13.7. The Bertz CT molecular complexity index is 849. The molecule has 1 aliphatic heterocycles. The second-order valence-electron chi connectivity index (χ2n) is 8.45. The summed E-state index contributed by atoms with van der Waals surface area (Å²) < 4.78 is 17.0. The third-order valence-corrected chi connectivity index (χ3v) is 4.84. The van der Waals surface area contributed by atoms with E-state index in [9.17, 15) is 9.59 Å². The number of esters is 1. The zero-order valence-electron chi connectivity index (χ0n) is 17.7. The molecule has 2 unspecified atom stereocenters. The van der Waals surface area contributed by atoms with Crippen LogP contribution in [-0.4, -0.2) is 29.8 Å². The van der Waals surface area contributed by atoms with Crippen LogP contribution in [0.5, 0.6) is 5.75 Å². The number of amides is 1. The van der Waals surface area contributed by atoms with Gasteiger partial charge in [0.15, 0.2) is 0 Å². The van der Waals surface area contributed by atoms with Crippen molar-refractivity contribution in [3.63, 3.8) is 0 Å². The van der Waals surface area contributed by atoms with Gasteiger partial charge >= 0.3 is 12.1 Å². The molecule has 0 radical (unpaired) electrons. The standard InChI is InChI=1S/C23H29NO5/c1-14(24-22(26)29-23(3,4)5)21(25)27-15(2)20-16-10-6-8-12-18(16)28-19-13-9-7-11-17(19)20/h6-8,10-12,14-15,20H,9,13H2,1-5H3,(H,24,26)/t14-,15?,20?/m0/s1. The van der Waals surface area contributed by atoms with Gasteiger partial charge in [0.2, 0.25) is 0 Å². The maximum Gasteiger partial charge on any atom is 0.408 e. The van der Waals surface area contributed by atoms with Crippen molar-refractivity contribution in [2.24, 2.45) is 0 Å². The van der Waals surface area contributed by atoms with E-state index in [0.29, 0.717) is 0 Å². The van der Waals surface area contributed by atoms with Crippen LogP contribution in [0, 0.1) is 0 Å². The predicted octanol–water partition coefficient (Wildman–Crippen LogP) is 4.61. The second kappa shape index (κ2) is 8.31. The average molecular weight is 399 g/mol. The Morgan fingerprint density at radius 2 is 1.93 bits per heavy atom. The summed E-state index contributed by atoms with van der Waals surface area (Å²) in [6, 6.07) is 7.00. The number of nitrogens with one attached hydrogen (secondary N) is 1. The molecule has 0 saturated carbocycles. The molecular formula is C23H29NO5. The number of carbonyl (C=O) groups excluding carboxylic acids is 2. The summed E-state index contributed by atoms with van der Waals surface area (Å²) in [5.41, 5.74) is 1.40. The molecule has 1 aromatic carbocycles. The molecule has 0 aromatic heterocycles. The number of fused-ring (bicyclic) bond motifs is 1. The van der Waals surface area contributed by atoms with Crippen molar-refractivity contribution in [2.45, 2.75) is 71.1 Å². The SMILES string of the molecule is CC(OC(=O)[C@H](C)NC(=O)OC(C)(C)C)C1C2=C(CCC=C2)Oc2ccccc21. The van der Waals surface area contributed by atoms with E-state index >= 15 is 0 Å². The fourth-order valence-corrected chi connectivity index (χ4v) is 3.58. The van der Waals surface area contributed by atoms with E-state index < -0.39 is 29.8 Å². The highest BCUT2D eigenvalue weighted by Gasteiger charge is 2.35. The number of hydrogen-bond acceptors (Lipinski definition) is 5. The van der Waals surface area contributed by atoms with Crippen LogP contribution in [0.4, 0.5) is 4.79 Å². The molecular weight excluding hydrogens is 370 g/mol. The number of para-hydroxylation sites is 1. The van der Waals surface area contributed by atoms with E-state index in [1.807, 2.05) is 31.2 Å². The molecule has 1 amide bonds. The van der Waals surface area contributed by atoms with Crippen LogP contribution in [0.3, 0.4) is 0 Å². The van der Waals surface area contributed by atoms with Crippen molar-refractivity contribution in [3.05, 3.63) is 53.3 Å². The molecule has 156 valence electrons. The Balaban J connectivity index is 1.73. The van der Waals surface area contributed by atoms with Crippen LogP contribution >= 0.6 is 0 Å². The zero-order valence-corrected chi connectivity index (χ0v) is 17.7. The summed E-state index contributed by atoms with van der Waals surface area (Å²) in [5.74, 6) is 1.10. The molecule has 0 saturated heterocycles. The van der Waals surface area contributed by atoms with Gasteiger partial charge in [-0.2, -0.15) is 0 Å². The lowest BCUT2D eigenvalue weighted by molar-refractivity contribution is -0.151. The summed E-state index contributed by atoms with van der Waals surface area (Å²) >= 11 is 0. The fraction of sp³-hybridized carbons (Fsp3) is 0.478. The molecule has 29 heavy (non-hydrogen) atoms. The van der Waals surface area contributed by atoms with Crippen LogP contribution in [0.25, 0.3) is 0 Å². The summed E-state index contributed by atoms with van der Waals surface area (Å²) in [4.78, 5) is 24.5. The zero-order chi connectivity index (χ0) is 21.2. The highest BCUT2D eigenvalue weighted by atomic mass is 16.6. The highest BCUT2D eigenvalue weighted by Crippen LogP contribution is 2.44. The smallest absolute Gasteiger partial charge is 0.408 e. The van der Waals surface area contributed by atoms with Gasteiger partial charge in [0.1, 0.15) is 29.3 Å². The van der Waals surface area contributed by atoms with Crippen molar-refractivity contribution >= 4 is 12.1 Å². The lowest BCUT2D eigenvalue weighted by Gasteiger charge is -2.34. The van der Waals surface area contributed by atoms with Crippen molar-refractivity contribution in [1.29, 1.82) is 0 Å². The quantitative estimate of drug-likeness (QED) is 0.749. The number of ether oxygens (including phenoxy) is 3. The predicted molar refractivity (Wildman–Crippen MR) is 110 cm³/mol. The van der Waals surface area contributed by atoms with Gasteiger partial charge in [-0.05, 0) is 47.1 Å². The number of allylic oxidation sites excluding steroid dienone is 3. The van der Waals surface area contributed by atoms with Crippen molar-refractivity contribution in [2.75, 3.05) is 0 Å². The van der Waals surface area contributed by atoms with Gasteiger partial charge in [-0.3, -0.25) is 0 Å². The Morgan fingerprint density at radius 3 is 2.66 bits per heavy atom. The molecule has 3 rings (SSSR count). The minimum Gasteiger partial charge on any atom is -0.461 e. The van der Waals surface area contributed by atoms with Crippen LogP contribution < -0.4 is 10.1 Å². The molecule has 1 aromatic rings. The van der Waals surface area contributed by atoms with Crippen LogP contribution in [0.1, 0.15) is 58.9 Å². The van der Waals surface area contributed by atoms with E-state index in [4.69, 9.17) is 14.2 Å². The summed E-state index contributed by atoms with van der Waals surface area (Å²) in [6.45, 7) is 8.76. The average Bonchev–Trinajstić information content (AvgIpc) is 2.64. The molecule has 3 atom stereocenters. The Hall–Kier alpha value is -2.76. The maximum absolute atomic E-state index is 12.6. The Labute approximate surface area is 171 Å². The summed E-state index contributed by atoms with van der Waals surface area (Å²) in [5, 5.41) is 2.53. The van der Waals surface area contributed by atoms with Gasteiger partial charge in [0, 0.05) is 17.6 Å². The third-order valence-electron chi connectivity index (χ3n) is 4.84. The topological polar surface area (TPSA) is 73.9 Å². The second-order valence-corrected chi connectivity index (χ2v) is 8.45. The molecule has 0 fully saturated rings. The van der Waals surface area contributed by atoms with E-state index in [0.717, 1.165) is 35.5 Å². The largest absolute Gasteiger partial charge is 0.461 e. The molecule has 6 nitrogen and oxygen atoms in total. The fourth-order valence-electron chi connectivity index (χ4n) is 3.58. The Morgan fingerprint density at radius 1 is 1.21 bits per heavy atom. The van der Waals surface area contributed by atoms with E-state index in [2.05, 4.69) is 17.5 Å². The van der Waals surface area contributed by atoms with E-state index in [-0.39, 0.29) is 5.92 Å². The number of rotatable bonds is 4. The van der Waals surface area contributed by atoms with Crippen molar-refractivity contribution < 1.29 is 23.8 Å². The number of hydrogen-bond donors (Lipinski definition) is 1. The molecule has 6 heteroatoms.